The summed E-state index contributed by atoms with van der Waals surface area (Å²) in [7, 11) is 0. The second kappa shape index (κ2) is 5.74. The van der Waals surface area contributed by atoms with E-state index in [2.05, 4.69) is 18.8 Å². The van der Waals surface area contributed by atoms with Crippen molar-refractivity contribution < 1.29 is 14.6 Å². The molecular formula is C16H17NO3. The lowest BCUT2D eigenvalue weighted by Gasteiger charge is -2.12. The van der Waals surface area contributed by atoms with E-state index in [0.717, 1.165) is 5.56 Å². The average Bonchev–Trinajstić information content (AvgIpc) is 2.38. The van der Waals surface area contributed by atoms with Gasteiger partial charge in [0.1, 0.15) is 11.3 Å². The summed E-state index contributed by atoms with van der Waals surface area (Å²) in [5.41, 5.74) is 2.42. The maximum absolute atomic E-state index is 11.1. The molecule has 20 heavy (non-hydrogen) atoms. The second-order valence-electron chi connectivity index (χ2n) is 4.94. The number of hydrogen-bond acceptors (Lipinski definition) is 3. The SMILES string of the molecule is Cc1cc(Oc2ncccc2C(=O)O)ccc1C(C)C. The van der Waals surface area contributed by atoms with Crippen LogP contribution in [-0.4, -0.2) is 16.1 Å². The number of carboxylic acid groups (broad SMARTS) is 1. The van der Waals surface area contributed by atoms with Crippen LogP contribution in [0.25, 0.3) is 0 Å². The molecular weight excluding hydrogens is 254 g/mol. The summed E-state index contributed by atoms with van der Waals surface area (Å²) in [4.78, 5) is 15.1. The van der Waals surface area contributed by atoms with Crippen LogP contribution in [0.2, 0.25) is 0 Å². The molecule has 0 saturated carbocycles. The van der Waals surface area contributed by atoms with Gasteiger partial charge in [-0.1, -0.05) is 19.9 Å². The van der Waals surface area contributed by atoms with Crippen LogP contribution in [0.4, 0.5) is 0 Å². The third-order valence-electron chi connectivity index (χ3n) is 3.08. The molecule has 0 fully saturated rings. The minimum Gasteiger partial charge on any atom is -0.477 e. The number of aromatic carboxylic acids is 1. The molecule has 0 aliphatic rings. The van der Waals surface area contributed by atoms with E-state index in [1.165, 1.54) is 17.8 Å². The van der Waals surface area contributed by atoms with Gasteiger partial charge in [-0.15, -0.1) is 0 Å². The molecule has 0 saturated heterocycles. The quantitative estimate of drug-likeness (QED) is 0.912. The zero-order valence-corrected chi connectivity index (χ0v) is 11.8. The van der Waals surface area contributed by atoms with Gasteiger partial charge in [0.05, 0.1) is 0 Å². The van der Waals surface area contributed by atoms with Crippen LogP contribution in [0, 0.1) is 6.92 Å². The maximum Gasteiger partial charge on any atom is 0.341 e. The number of hydrogen-bond donors (Lipinski definition) is 1. The van der Waals surface area contributed by atoms with Crippen molar-refractivity contribution >= 4 is 5.97 Å². The first-order valence-corrected chi connectivity index (χ1v) is 6.45. The summed E-state index contributed by atoms with van der Waals surface area (Å²) in [6.07, 6.45) is 1.51. The Hall–Kier alpha value is -2.36. The topological polar surface area (TPSA) is 59.4 Å². The van der Waals surface area contributed by atoms with Gasteiger partial charge in [-0.3, -0.25) is 0 Å². The van der Waals surface area contributed by atoms with E-state index >= 15 is 0 Å². The van der Waals surface area contributed by atoms with E-state index in [1.807, 2.05) is 25.1 Å². The zero-order chi connectivity index (χ0) is 14.7. The molecule has 0 spiro atoms. The van der Waals surface area contributed by atoms with Crippen molar-refractivity contribution in [1.82, 2.24) is 4.98 Å². The fourth-order valence-electron chi connectivity index (χ4n) is 2.11. The Labute approximate surface area is 118 Å². The Bertz CT molecular complexity index is 635. The van der Waals surface area contributed by atoms with E-state index in [-0.39, 0.29) is 11.4 Å². The van der Waals surface area contributed by atoms with Crippen molar-refractivity contribution in [1.29, 1.82) is 0 Å². The van der Waals surface area contributed by atoms with Gasteiger partial charge in [0, 0.05) is 6.20 Å². The molecule has 2 rings (SSSR count). The summed E-state index contributed by atoms with van der Waals surface area (Å²) in [6, 6.07) is 8.78. The first-order chi connectivity index (χ1) is 9.49. The fraction of sp³-hybridized carbons (Fsp3) is 0.250. The summed E-state index contributed by atoms with van der Waals surface area (Å²) in [6.45, 7) is 6.27. The van der Waals surface area contributed by atoms with Gasteiger partial charge in [-0.25, -0.2) is 9.78 Å². The predicted octanol–water partition coefficient (Wildman–Crippen LogP) is 4.00. The number of carboxylic acids is 1. The average molecular weight is 271 g/mol. The molecule has 1 aromatic heterocycles. The van der Waals surface area contributed by atoms with Gasteiger partial charge in [0.25, 0.3) is 0 Å². The van der Waals surface area contributed by atoms with E-state index in [1.54, 1.807) is 6.07 Å². The van der Waals surface area contributed by atoms with Gasteiger partial charge >= 0.3 is 5.97 Å². The number of ether oxygens (including phenoxy) is 1. The van der Waals surface area contributed by atoms with E-state index in [9.17, 15) is 4.79 Å². The minimum atomic E-state index is -1.05. The Morgan fingerprint density at radius 1 is 1.30 bits per heavy atom. The molecule has 0 aliphatic carbocycles. The van der Waals surface area contributed by atoms with E-state index in [4.69, 9.17) is 9.84 Å². The summed E-state index contributed by atoms with van der Waals surface area (Å²) < 4.78 is 5.59. The minimum absolute atomic E-state index is 0.0538. The Balaban J connectivity index is 2.31. The Kier molecular flexibility index (Phi) is 4.03. The van der Waals surface area contributed by atoms with Crippen LogP contribution in [-0.2, 0) is 0 Å². The molecule has 104 valence electrons. The predicted molar refractivity (Wildman–Crippen MR) is 76.5 cm³/mol. The highest BCUT2D eigenvalue weighted by atomic mass is 16.5. The summed E-state index contributed by atoms with van der Waals surface area (Å²) >= 11 is 0. The van der Waals surface area contributed by atoms with Crippen molar-refractivity contribution in [3.63, 3.8) is 0 Å². The van der Waals surface area contributed by atoms with Crippen molar-refractivity contribution in [2.24, 2.45) is 0 Å². The highest BCUT2D eigenvalue weighted by Gasteiger charge is 2.13. The number of pyridine rings is 1. The molecule has 0 unspecified atom stereocenters. The third kappa shape index (κ3) is 2.96. The second-order valence-corrected chi connectivity index (χ2v) is 4.94. The zero-order valence-electron chi connectivity index (χ0n) is 11.8. The number of rotatable bonds is 4. The molecule has 0 aliphatic heterocycles. The molecule has 0 amide bonds. The lowest BCUT2D eigenvalue weighted by molar-refractivity contribution is 0.0693. The fourth-order valence-corrected chi connectivity index (χ4v) is 2.11. The lowest BCUT2D eigenvalue weighted by Crippen LogP contribution is -2.02. The summed E-state index contributed by atoms with van der Waals surface area (Å²) in [5.74, 6) is 0.0851. The number of carbonyl (C=O) groups is 1. The molecule has 1 aromatic carbocycles. The third-order valence-corrected chi connectivity index (χ3v) is 3.08. The van der Waals surface area contributed by atoms with Crippen molar-refractivity contribution in [3.05, 3.63) is 53.2 Å². The number of aromatic nitrogens is 1. The van der Waals surface area contributed by atoms with Crippen LogP contribution in [0.5, 0.6) is 11.6 Å². The van der Waals surface area contributed by atoms with E-state index < -0.39 is 5.97 Å². The van der Waals surface area contributed by atoms with Gasteiger partial charge in [-0.2, -0.15) is 0 Å². The van der Waals surface area contributed by atoms with Crippen molar-refractivity contribution in [2.75, 3.05) is 0 Å². The molecule has 4 heteroatoms. The lowest BCUT2D eigenvalue weighted by atomic mass is 9.98. The Morgan fingerprint density at radius 2 is 2.05 bits per heavy atom. The molecule has 2 aromatic rings. The van der Waals surface area contributed by atoms with Crippen LogP contribution in [0.15, 0.2) is 36.5 Å². The standard InChI is InChI=1S/C16H17NO3/c1-10(2)13-7-6-12(9-11(13)3)20-15-14(16(18)19)5-4-8-17-15/h4-10H,1-3H3,(H,18,19). The molecule has 1 heterocycles. The molecule has 0 radical (unpaired) electrons. The molecule has 0 bridgehead atoms. The van der Waals surface area contributed by atoms with Crippen LogP contribution < -0.4 is 4.74 Å². The highest BCUT2D eigenvalue weighted by molar-refractivity contribution is 5.90. The smallest absolute Gasteiger partial charge is 0.341 e. The monoisotopic (exact) mass is 271 g/mol. The normalized spacial score (nSPS) is 10.6. The van der Waals surface area contributed by atoms with Crippen LogP contribution >= 0.6 is 0 Å². The van der Waals surface area contributed by atoms with Crippen LogP contribution in [0.3, 0.4) is 0 Å². The first kappa shape index (κ1) is 14.1. The number of aryl methyl sites for hydroxylation is 1. The summed E-state index contributed by atoms with van der Waals surface area (Å²) in [5, 5.41) is 9.10. The number of benzene rings is 1. The Morgan fingerprint density at radius 3 is 2.65 bits per heavy atom. The van der Waals surface area contributed by atoms with Gasteiger partial charge < -0.3 is 9.84 Å². The van der Waals surface area contributed by atoms with E-state index in [0.29, 0.717) is 11.7 Å². The van der Waals surface area contributed by atoms with Gasteiger partial charge in [0.15, 0.2) is 0 Å². The van der Waals surface area contributed by atoms with Gasteiger partial charge in [0.2, 0.25) is 5.88 Å². The molecule has 1 N–H and O–H groups in total. The highest BCUT2D eigenvalue weighted by Crippen LogP contribution is 2.27. The van der Waals surface area contributed by atoms with Crippen molar-refractivity contribution in [2.45, 2.75) is 26.7 Å². The first-order valence-electron chi connectivity index (χ1n) is 6.45. The molecule has 4 nitrogen and oxygen atoms in total. The number of nitrogens with zero attached hydrogens (tertiary/aromatic N) is 1. The molecule has 0 atom stereocenters. The van der Waals surface area contributed by atoms with Crippen LogP contribution in [0.1, 0.15) is 41.3 Å². The largest absolute Gasteiger partial charge is 0.477 e. The van der Waals surface area contributed by atoms with Crippen molar-refractivity contribution in [3.8, 4) is 11.6 Å². The van der Waals surface area contributed by atoms with Gasteiger partial charge in [-0.05, 0) is 48.2 Å². The maximum atomic E-state index is 11.1.